The number of carbonyl (C=O) groups is 1. The lowest BCUT2D eigenvalue weighted by atomic mass is 10.2. The van der Waals surface area contributed by atoms with Gasteiger partial charge >= 0.3 is 5.97 Å². The van der Waals surface area contributed by atoms with E-state index in [2.05, 4.69) is 10.4 Å². The van der Waals surface area contributed by atoms with Crippen LogP contribution >= 0.6 is 11.6 Å². The van der Waals surface area contributed by atoms with Crippen LogP contribution in [0.4, 0.5) is 5.69 Å². The minimum Gasteiger partial charge on any atom is -0.465 e. The number of nitrogens with zero attached hydrogens (tertiary/aromatic N) is 2. The summed E-state index contributed by atoms with van der Waals surface area (Å²) < 4.78 is 5.86. The number of nitrogens with one attached hydrogen (secondary N) is 1. The second-order valence-electron chi connectivity index (χ2n) is 5.76. The summed E-state index contributed by atoms with van der Waals surface area (Å²) in [5, 5.41) is 7.36. The van der Waals surface area contributed by atoms with Crippen molar-refractivity contribution in [3.63, 3.8) is 0 Å². The minimum atomic E-state index is -0.540. The maximum absolute atomic E-state index is 12.5. The van der Waals surface area contributed by atoms with Gasteiger partial charge in [-0.3, -0.25) is 4.79 Å². The third kappa shape index (κ3) is 3.43. The molecule has 0 spiro atoms. The Hall–Kier alpha value is -2.34. The predicted molar refractivity (Wildman–Crippen MR) is 92.0 cm³/mol. The van der Waals surface area contributed by atoms with Crippen molar-refractivity contribution in [1.29, 1.82) is 0 Å². The zero-order chi connectivity index (χ0) is 17.1. The molecule has 1 saturated carbocycles. The quantitative estimate of drug-likeness (QED) is 0.813. The summed E-state index contributed by atoms with van der Waals surface area (Å²) in [5.74, 6) is 0.249. The average Bonchev–Trinajstić information content (AvgIpc) is 3.42. The number of ether oxygens (including phenoxy) is 1. The van der Waals surface area contributed by atoms with E-state index in [1.54, 1.807) is 24.3 Å². The smallest absolute Gasteiger partial charge is 0.340 e. The van der Waals surface area contributed by atoms with E-state index in [1.807, 2.05) is 0 Å². The van der Waals surface area contributed by atoms with E-state index in [9.17, 15) is 9.59 Å². The number of rotatable bonds is 6. The fourth-order valence-electron chi connectivity index (χ4n) is 2.49. The van der Waals surface area contributed by atoms with Crippen molar-refractivity contribution in [1.82, 2.24) is 9.78 Å². The molecule has 1 fully saturated rings. The highest BCUT2D eigenvalue weighted by atomic mass is 35.5. The van der Waals surface area contributed by atoms with E-state index in [0.717, 1.165) is 23.6 Å². The molecular weight excluding hydrogens is 330 g/mol. The third-order valence-electron chi connectivity index (χ3n) is 4.02. The van der Waals surface area contributed by atoms with Gasteiger partial charge in [0.2, 0.25) is 0 Å². The van der Waals surface area contributed by atoms with Crippen molar-refractivity contribution in [3.05, 3.63) is 51.4 Å². The monoisotopic (exact) mass is 347 g/mol. The summed E-state index contributed by atoms with van der Waals surface area (Å²) in [6.45, 7) is 0.758. The molecule has 7 heteroatoms. The van der Waals surface area contributed by atoms with Crippen molar-refractivity contribution >= 4 is 23.3 Å². The zero-order valence-corrected chi connectivity index (χ0v) is 14.0. The lowest BCUT2D eigenvalue weighted by molar-refractivity contribution is 0.0600. The van der Waals surface area contributed by atoms with Gasteiger partial charge in [0.05, 0.1) is 30.2 Å². The van der Waals surface area contributed by atoms with E-state index in [1.165, 1.54) is 26.1 Å². The highest BCUT2D eigenvalue weighted by molar-refractivity contribution is 6.32. The number of para-hydroxylation sites is 1. The Morgan fingerprint density at radius 2 is 2.17 bits per heavy atom. The second kappa shape index (κ2) is 7.05. The maximum atomic E-state index is 12.5. The summed E-state index contributed by atoms with van der Waals surface area (Å²) in [5.41, 5.74) is 0.611. The SMILES string of the molecule is COC(=O)c1ccccc1-n1ncc(NCCC2CC2)c(Cl)c1=O. The van der Waals surface area contributed by atoms with Gasteiger partial charge in [0.15, 0.2) is 0 Å². The van der Waals surface area contributed by atoms with E-state index in [4.69, 9.17) is 16.3 Å². The number of hydrogen-bond donors (Lipinski definition) is 1. The molecule has 3 rings (SSSR count). The molecule has 1 N–H and O–H groups in total. The fourth-order valence-corrected chi connectivity index (χ4v) is 2.68. The highest BCUT2D eigenvalue weighted by Gasteiger charge is 2.21. The highest BCUT2D eigenvalue weighted by Crippen LogP contribution is 2.32. The molecule has 126 valence electrons. The normalized spacial score (nSPS) is 13.6. The van der Waals surface area contributed by atoms with Gasteiger partial charge in [-0.25, -0.2) is 4.79 Å². The molecule has 0 radical (unpaired) electrons. The molecule has 0 unspecified atom stereocenters. The van der Waals surface area contributed by atoms with Crippen molar-refractivity contribution in [2.24, 2.45) is 5.92 Å². The first-order valence-electron chi connectivity index (χ1n) is 7.81. The Labute approximate surface area is 144 Å². The van der Waals surface area contributed by atoms with Crippen molar-refractivity contribution in [3.8, 4) is 5.69 Å². The molecule has 0 saturated heterocycles. The van der Waals surface area contributed by atoms with E-state index in [0.29, 0.717) is 11.4 Å². The van der Waals surface area contributed by atoms with Crippen LogP contribution in [0.2, 0.25) is 5.02 Å². The topological polar surface area (TPSA) is 73.2 Å². The molecule has 0 amide bonds. The molecular formula is C17H18ClN3O3. The molecule has 6 nitrogen and oxygen atoms in total. The number of carbonyl (C=O) groups excluding carboxylic acids is 1. The number of aromatic nitrogens is 2. The van der Waals surface area contributed by atoms with Gasteiger partial charge in [-0.05, 0) is 24.5 Å². The minimum absolute atomic E-state index is 0.0560. The molecule has 1 heterocycles. The van der Waals surface area contributed by atoms with Crippen LogP contribution in [0.25, 0.3) is 5.69 Å². The Morgan fingerprint density at radius 1 is 1.42 bits per heavy atom. The molecule has 1 aliphatic carbocycles. The molecule has 1 aromatic carbocycles. The van der Waals surface area contributed by atoms with Gasteiger partial charge in [0.25, 0.3) is 5.56 Å². The summed E-state index contributed by atoms with van der Waals surface area (Å²) in [6.07, 6.45) is 5.12. The first-order valence-corrected chi connectivity index (χ1v) is 8.19. The van der Waals surface area contributed by atoms with Crippen LogP contribution in [0, 0.1) is 5.92 Å². The summed E-state index contributed by atoms with van der Waals surface area (Å²) >= 11 is 6.19. The number of halogens is 1. The largest absolute Gasteiger partial charge is 0.465 e. The maximum Gasteiger partial charge on any atom is 0.340 e. The molecule has 24 heavy (non-hydrogen) atoms. The van der Waals surface area contributed by atoms with Crippen LogP contribution in [0.5, 0.6) is 0 Å². The van der Waals surface area contributed by atoms with Gasteiger partial charge in [0, 0.05) is 6.54 Å². The van der Waals surface area contributed by atoms with Gasteiger partial charge in [-0.15, -0.1) is 0 Å². The van der Waals surface area contributed by atoms with Crippen LogP contribution in [-0.2, 0) is 4.74 Å². The number of anilines is 1. The average molecular weight is 348 g/mol. The Kier molecular flexibility index (Phi) is 4.85. The molecule has 0 bridgehead atoms. The standard InChI is InChI=1S/C17H18ClN3O3/c1-24-17(23)12-4-2-3-5-14(12)21-16(22)15(18)13(10-20-21)19-9-8-11-6-7-11/h2-5,10-11,19H,6-9H2,1H3. The number of methoxy groups -OCH3 is 1. The Balaban J connectivity index is 1.90. The van der Waals surface area contributed by atoms with E-state index < -0.39 is 11.5 Å². The summed E-state index contributed by atoms with van der Waals surface area (Å²) in [4.78, 5) is 24.4. The van der Waals surface area contributed by atoms with Crippen LogP contribution in [0.15, 0.2) is 35.3 Å². The molecule has 1 aliphatic rings. The molecule has 1 aromatic heterocycles. The Bertz CT molecular complexity index is 815. The van der Waals surface area contributed by atoms with Gasteiger partial charge in [0.1, 0.15) is 5.02 Å². The van der Waals surface area contributed by atoms with Crippen LogP contribution in [0.3, 0.4) is 0 Å². The summed E-state index contributed by atoms with van der Waals surface area (Å²) in [7, 11) is 1.29. The van der Waals surface area contributed by atoms with Crippen molar-refractivity contribution < 1.29 is 9.53 Å². The second-order valence-corrected chi connectivity index (χ2v) is 6.13. The third-order valence-corrected chi connectivity index (χ3v) is 4.39. The van der Waals surface area contributed by atoms with Gasteiger partial charge in [-0.1, -0.05) is 36.6 Å². The van der Waals surface area contributed by atoms with Gasteiger partial charge < -0.3 is 10.1 Å². The first-order chi connectivity index (χ1) is 11.6. The van der Waals surface area contributed by atoms with Crippen LogP contribution in [0.1, 0.15) is 29.6 Å². The van der Waals surface area contributed by atoms with Crippen molar-refractivity contribution in [2.75, 3.05) is 19.0 Å². The van der Waals surface area contributed by atoms with Gasteiger partial charge in [-0.2, -0.15) is 9.78 Å². The zero-order valence-electron chi connectivity index (χ0n) is 13.3. The summed E-state index contributed by atoms with van der Waals surface area (Å²) in [6, 6.07) is 6.60. The Morgan fingerprint density at radius 3 is 2.88 bits per heavy atom. The first kappa shape index (κ1) is 16.5. The predicted octanol–water partition coefficient (Wildman–Crippen LogP) is 2.88. The van der Waals surface area contributed by atoms with E-state index >= 15 is 0 Å². The molecule has 0 atom stereocenters. The van der Waals surface area contributed by atoms with Crippen LogP contribution in [-0.4, -0.2) is 29.4 Å². The lowest BCUT2D eigenvalue weighted by Crippen LogP contribution is -2.24. The van der Waals surface area contributed by atoms with Crippen LogP contribution < -0.4 is 10.9 Å². The van der Waals surface area contributed by atoms with E-state index in [-0.39, 0.29) is 10.6 Å². The number of hydrogen-bond acceptors (Lipinski definition) is 5. The lowest BCUT2D eigenvalue weighted by Gasteiger charge is -2.12. The number of benzene rings is 1. The fraction of sp³-hybridized carbons (Fsp3) is 0.353. The van der Waals surface area contributed by atoms with Crippen molar-refractivity contribution in [2.45, 2.75) is 19.3 Å². The molecule has 2 aromatic rings. The molecule has 0 aliphatic heterocycles. The number of esters is 1.